The molecular weight excluding hydrogens is 268 g/mol. The number of aliphatic hydroxyl groups is 1. The van der Waals surface area contributed by atoms with Gasteiger partial charge >= 0.3 is 6.03 Å². The predicted molar refractivity (Wildman–Crippen MR) is 81.3 cm³/mol. The number of hydrogen-bond acceptors (Lipinski definition) is 3. The van der Waals surface area contributed by atoms with Gasteiger partial charge in [0.05, 0.1) is 13.2 Å². The van der Waals surface area contributed by atoms with Crippen LogP contribution in [0.1, 0.15) is 31.2 Å². The number of urea groups is 1. The number of nitrogens with zero attached hydrogens (tertiary/aromatic N) is 1. The van der Waals surface area contributed by atoms with Gasteiger partial charge in [0.15, 0.2) is 0 Å². The lowest BCUT2D eigenvalue weighted by atomic mass is 9.92. The summed E-state index contributed by atoms with van der Waals surface area (Å²) < 4.78 is 5.23. The minimum atomic E-state index is -0.218. The van der Waals surface area contributed by atoms with Crippen molar-refractivity contribution in [2.75, 3.05) is 14.2 Å². The highest BCUT2D eigenvalue weighted by Crippen LogP contribution is 2.25. The highest BCUT2D eigenvalue weighted by atomic mass is 16.5. The maximum Gasteiger partial charge on any atom is 0.317 e. The summed E-state index contributed by atoms with van der Waals surface area (Å²) in [4.78, 5) is 14.0. The molecule has 0 bridgehead atoms. The SMILES string of the molecule is CNC(=O)N(Cc1cccc(OC)c1)C1CCC(O)CC1. The van der Waals surface area contributed by atoms with Crippen LogP contribution >= 0.6 is 0 Å². The Morgan fingerprint density at radius 2 is 2.10 bits per heavy atom. The van der Waals surface area contributed by atoms with E-state index in [1.54, 1.807) is 14.2 Å². The van der Waals surface area contributed by atoms with Crippen LogP contribution in [0.5, 0.6) is 5.75 Å². The Bertz CT molecular complexity index is 470. The zero-order valence-electron chi connectivity index (χ0n) is 12.7. The lowest BCUT2D eigenvalue weighted by Gasteiger charge is -2.35. The number of nitrogens with one attached hydrogen (secondary N) is 1. The summed E-state index contributed by atoms with van der Waals surface area (Å²) in [6.07, 6.45) is 2.99. The number of carbonyl (C=O) groups is 1. The summed E-state index contributed by atoms with van der Waals surface area (Å²) in [5.74, 6) is 0.795. The summed E-state index contributed by atoms with van der Waals surface area (Å²) in [6.45, 7) is 0.553. The molecule has 1 fully saturated rings. The van der Waals surface area contributed by atoms with Crippen molar-refractivity contribution >= 4 is 6.03 Å². The predicted octanol–water partition coefficient (Wildman–Crippen LogP) is 2.14. The van der Waals surface area contributed by atoms with Gasteiger partial charge in [0.25, 0.3) is 0 Å². The molecule has 2 rings (SSSR count). The first kappa shape index (κ1) is 15.6. The van der Waals surface area contributed by atoms with Crippen LogP contribution in [0.3, 0.4) is 0 Å². The molecule has 0 atom stereocenters. The molecule has 2 amide bonds. The molecule has 0 saturated heterocycles. The van der Waals surface area contributed by atoms with Crippen LogP contribution in [-0.2, 0) is 6.54 Å². The molecule has 116 valence electrons. The zero-order chi connectivity index (χ0) is 15.2. The van der Waals surface area contributed by atoms with Gasteiger partial charge in [-0.15, -0.1) is 0 Å². The fourth-order valence-corrected chi connectivity index (χ4v) is 2.85. The van der Waals surface area contributed by atoms with Crippen LogP contribution in [0, 0.1) is 0 Å². The molecule has 1 aromatic rings. The fourth-order valence-electron chi connectivity index (χ4n) is 2.85. The molecule has 1 saturated carbocycles. The molecule has 1 aliphatic rings. The van der Waals surface area contributed by atoms with Crippen molar-refractivity contribution < 1.29 is 14.6 Å². The lowest BCUT2D eigenvalue weighted by molar-refractivity contribution is 0.0823. The molecule has 0 spiro atoms. The molecular formula is C16H24N2O3. The van der Waals surface area contributed by atoms with E-state index in [1.165, 1.54) is 0 Å². The van der Waals surface area contributed by atoms with Crippen molar-refractivity contribution in [3.8, 4) is 5.75 Å². The Hall–Kier alpha value is -1.75. The van der Waals surface area contributed by atoms with E-state index in [-0.39, 0.29) is 18.2 Å². The molecule has 2 N–H and O–H groups in total. The third-order valence-corrected chi connectivity index (χ3v) is 4.07. The van der Waals surface area contributed by atoms with Gasteiger partial charge in [0, 0.05) is 19.6 Å². The highest BCUT2D eigenvalue weighted by molar-refractivity contribution is 5.74. The number of aliphatic hydroxyl groups excluding tert-OH is 1. The van der Waals surface area contributed by atoms with Crippen molar-refractivity contribution in [2.45, 2.75) is 44.4 Å². The third-order valence-electron chi connectivity index (χ3n) is 4.07. The van der Waals surface area contributed by atoms with Crippen LogP contribution in [0.15, 0.2) is 24.3 Å². The Balaban J connectivity index is 2.10. The van der Waals surface area contributed by atoms with Gasteiger partial charge in [0.2, 0.25) is 0 Å². The minimum Gasteiger partial charge on any atom is -0.497 e. The normalized spacial score (nSPS) is 21.7. The maximum absolute atomic E-state index is 12.2. The van der Waals surface area contributed by atoms with Crippen LogP contribution in [0.4, 0.5) is 4.79 Å². The van der Waals surface area contributed by atoms with Crippen molar-refractivity contribution in [1.82, 2.24) is 10.2 Å². The molecule has 1 aromatic carbocycles. The van der Waals surface area contributed by atoms with E-state index >= 15 is 0 Å². The van der Waals surface area contributed by atoms with Crippen molar-refractivity contribution in [2.24, 2.45) is 0 Å². The van der Waals surface area contributed by atoms with Gasteiger partial charge in [-0.1, -0.05) is 12.1 Å². The standard InChI is InChI=1S/C16H24N2O3/c1-17-16(20)18(13-6-8-14(19)9-7-13)11-12-4-3-5-15(10-12)21-2/h3-5,10,13-14,19H,6-9,11H2,1-2H3,(H,17,20). The first-order valence-electron chi connectivity index (χ1n) is 7.43. The van der Waals surface area contributed by atoms with E-state index in [2.05, 4.69) is 5.32 Å². The number of amides is 2. The summed E-state index contributed by atoms with van der Waals surface area (Å²) in [5, 5.41) is 12.3. The summed E-state index contributed by atoms with van der Waals surface area (Å²) in [5.41, 5.74) is 1.05. The van der Waals surface area contributed by atoms with Crippen LogP contribution in [0.25, 0.3) is 0 Å². The largest absolute Gasteiger partial charge is 0.497 e. The molecule has 5 heteroatoms. The van der Waals surface area contributed by atoms with Crippen molar-refractivity contribution in [3.63, 3.8) is 0 Å². The van der Waals surface area contributed by atoms with E-state index in [4.69, 9.17) is 4.74 Å². The molecule has 0 heterocycles. The summed E-state index contributed by atoms with van der Waals surface area (Å²) >= 11 is 0. The van der Waals surface area contributed by atoms with Gasteiger partial charge in [-0.2, -0.15) is 0 Å². The van der Waals surface area contributed by atoms with Gasteiger partial charge in [-0.3, -0.25) is 0 Å². The molecule has 0 radical (unpaired) electrons. The Labute approximate surface area is 125 Å². The second-order valence-electron chi connectivity index (χ2n) is 5.50. The molecule has 0 aromatic heterocycles. The van der Waals surface area contributed by atoms with E-state index in [1.807, 2.05) is 29.2 Å². The van der Waals surface area contributed by atoms with E-state index in [0.29, 0.717) is 6.54 Å². The molecule has 5 nitrogen and oxygen atoms in total. The lowest BCUT2D eigenvalue weighted by Crippen LogP contribution is -2.46. The second-order valence-corrected chi connectivity index (χ2v) is 5.50. The molecule has 0 unspecified atom stereocenters. The monoisotopic (exact) mass is 292 g/mol. The first-order chi connectivity index (χ1) is 10.1. The van der Waals surface area contributed by atoms with E-state index in [9.17, 15) is 9.90 Å². The first-order valence-corrected chi connectivity index (χ1v) is 7.43. The molecule has 0 aliphatic heterocycles. The summed E-state index contributed by atoms with van der Waals surface area (Å²) in [7, 11) is 3.29. The quantitative estimate of drug-likeness (QED) is 0.894. The number of hydrogen-bond donors (Lipinski definition) is 2. The van der Waals surface area contributed by atoms with E-state index < -0.39 is 0 Å². The number of rotatable bonds is 4. The van der Waals surface area contributed by atoms with Crippen molar-refractivity contribution in [1.29, 1.82) is 0 Å². The van der Waals surface area contributed by atoms with Gasteiger partial charge in [-0.25, -0.2) is 4.79 Å². The molecule has 1 aliphatic carbocycles. The van der Waals surface area contributed by atoms with Crippen LogP contribution < -0.4 is 10.1 Å². The number of benzene rings is 1. The Morgan fingerprint density at radius 3 is 2.71 bits per heavy atom. The topological polar surface area (TPSA) is 61.8 Å². The van der Waals surface area contributed by atoms with Crippen LogP contribution in [-0.4, -0.2) is 42.3 Å². The maximum atomic E-state index is 12.2. The van der Waals surface area contributed by atoms with Gasteiger partial charge in [-0.05, 0) is 43.4 Å². The van der Waals surface area contributed by atoms with Crippen LogP contribution in [0.2, 0.25) is 0 Å². The van der Waals surface area contributed by atoms with Crippen molar-refractivity contribution in [3.05, 3.63) is 29.8 Å². The average molecular weight is 292 g/mol. The Kier molecular flexibility index (Phi) is 5.44. The number of carbonyl (C=O) groups excluding carboxylic acids is 1. The third kappa shape index (κ3) is 4.11. The number of ether oxygens (including phenoxy) is 1. The zero-order valence-corrected chi connectivity index (χ0v) is 12.7. The average Bonchev–Trinajstić information content (AvgIpc) is 2.53. The second kappa shape index (κ2) is 7.31. The minimum absolute atomic E-state index is 0.0702. The number of methoxy groups -OCH3 is 1. The van der Waals surface area contributed by atoms with Gasteiger partial charge in [0.1, 0.15) is 5.75 Å². The highest BCUT2D eigenvalue weighted by Gasteiger charge is 2.27. The smallest absolute Gasteiger partial charge is 0.317 e. The van der Waals surface area contributed by atoms with E-state index in [0.717, 1.165) is 37.0 Å². The Morgan fingerprint density at radius 1 is 1.38 bits per heavy atom. The summed E-state index contributed by atoms with van der Waals surface area (Å²) in [6, 6.07) is 7.88. The molecule has 21 heavy (non-hydrogen) atoms. The fraction of sp³-hybridized carbons (Fsp3) is 0.562. The van der Waals surface area contributed by atoms with Gasteiger partial charge < -0.3 is 20.1 Å².